The lowest BCUT2D eigenvalue weighted by atomic mass is 10.0. The van der Waals surface area contributed by atoms with Crippen LogP contribution in [0.4, 0.5) is 23.7 Å². The average Bonchev–Trinajstić information content (AvgIpc) is 3.14. The second kappa shape index (κ2) is 6.24. The lowest BCUT2D eigenvalue weighted by Crippen LogP contribution is -2.47. The molecule has 1 aliphatic carbocycles. The average molecular weight is 418 g/mol. The smallest absolute Gasteiger partial charge is 0.408 e. The Morgan fingerprint density at radius 1 is 1.27 bits per heavy atom. The van der Waals surface area contributed by atoms with Gasteiger partial charge in [-0.3, -0.25) is 4.98 Å². The van der Waals surface area contributed by atoms with E-state index in [2.05, 4.69) is 16.4 Å². The third-order valence-electron chi connectivity index (χ3n) is 5.81. The highest BCUT2D eigenvalue weighted by atomic mass is 19.4. The van der Waals surface area contributed by atoms with Gasteiger partial charge in [0.2, 0.25) is 0 Å². The van der Waals surface area contributed by atoms with Crippen LogP contribution < -0.4 is 10.2 Å². The van der Waals surface area contributed by atoms with Crippen LogP contribution in [0.15, 0.2) is 30.5 Å². The van der Waals surface area contributed by atoms with E-state index >= 15 is 0 Å². The predicted octanol–water partition coefficient (Wildman–Crippen LogP) is 4.14. The fourth-order valence-electron chi connectivity index (χ4n) is 4.45. The molecule has 2 atom stereocenters. The van der Waals surface area contributed by atoms with Crippen molar-refractivity contribution in [2.75, 3.05) is 18.0 Å². The number of hydrogen-bond donors (Lipinski definition) is 1. The van der Waals surface area contributed by atoms with Crippen molar-refractivity contribution in [3.63, 3.8) is 0 Å². The molecule has 9 heteroatoms. The summed E-state index contributed by atoms with van der Waals surface area (Å²) < 4.78 is 47.4. The van der Waals surface area contributed by atoms with Crippen molar-refractivity contribution < 1.29 is 22.7 Å². The van der Waals surface area contributed by atoms with Crippen molar-refractivity contribution >= 4 is 22.7 Å². The number of alkyl carbamates (subject to hydrolysis) is 1. The second-order valence-corrected chi connectivity index (χ2v) is 8.97. The molecule has 30 heavy (non-hydrogen) atoms. The molecule has 4 rings (SSSR count). The summed E-state index contributed by atoms with van der Waals surface area (Å²) >= 11 is 0. The van der Waals surface area contributed by atoms with Crippen LogP contribution in [0.25, 0.3) is 10.9 Å². The summed E-state index contributed by atoms with van der Waals surface area (Å²) in [5, 5.41) is 12.4. The van der Waals surface area contributed by atoms with Crippen LogP contribution in [0.1, 0.15) is 32.8 Å². The summed E-state index contributed by atoms with van der Waals surface area (Å²) in [6.07, 6.45) is -4.00. The summed E-state index contributed by atoms with van der Waals surface area (Å²) in [6, 6.07) is 8.67. The molecule has 1 aromatic heterocycles. The zero-order valence-corrected chi connectivity index (χ0v) is 16.8. The number of fused-ring (bicyclic) bond motifs is 2. The Morgan fingerprint density at radius 3 is 2.63 bits per heavy atom. The van der Waals surface area contributed by atoms with E-state index in [4.69, 9.17) is 4.74 Å². The zero-order chi connectivity index (χ0) is 21.9. The van der Waals surface area contributed by atoms with Gasteiger partial charge in [0.25, 0.3) is 0 Å². The molecule has 1 saturated heterocycles. The van der Waals surface area contributed by atoms with Crippen molar-refractivity contribution in [3.05, 3.63) is 36.0 Å². The predicted molar refractivity (Wildman–Crippen MR) is 104 cm³/mol. The van der Waals surface area contributed by atoms with Gasteiger partial charge < -0.3 is 15.0 Å². The third kappa shape index (κ3) is 3.02. The molecule has 2 fully saturated rings. The number of anilines is 1. The summed E-state index contributed by atoms with van der Waals surface area (Å²) in [5.41, 5.74) is -2.96. The Morgan fingerprint density at radius 2 is 2.00 bits per heavy atom. The molecule has 158 valence electrons. The topological polar surface area (TPSA) is 78.2 Å². The van der Waals surface area contributed by atoms with Gasteiger partial charge in [-0.25, -0.2) is 4.79 Å². The summed E-state index contributed by atoms with van der Waals surface area (Å²) in [4.78, 5) is 18.1. The van der Waals surface area contributed by atoms with Gasteiger partial charge in [0.1, 0.15) is 17.1 Å². The van der Waals surface area contributed by atoms with Crippen LogP contribution in [0.3, 0.4) is 0 Å². The monoisotopic (exact) mass is 418 g/mol. The number of rotatable bonds is 2. The second-order valence-electron chi connectivity index (χ2n) is 8.97. The minimum absolute atomic E-state index is 0.0123. The first-order valence-corrected chi connectivity index (χ1v) is 9.52. The fraction of sp³-hybridized carbons (Fsp3) is 0.476. The molecule has 2 aromatic rings. The summed E-state index contributed by atoms with van der Waals surface area (Å²) in [7, 11) is 0. The molecule has 1 amide bonds. The first kappa shape index (κ1) is 20.3. The van der Waals surface area contributed by atoms with Gasteiger partial charge in [-0.05, 0) is 51.5 Å². The van der Waals surface area contributed by atoms with Crippen molar-refractivity contribution in [2.45, 2.75) is 44.5 Å². The van der Waals surface area contributed by atoms with E-state index in [-0.39, 0.29) is 19.5 Å². The lowest BCUT2D eigenvalue weighted by molar-refractivity contribution is -0.186. The standard InChI is InChI=1S/C21H21F3N4O2/c1-18(2,3)30-17(29)27-20-10-19(20,21(22,23)24)11-28(12-20)15-7-6-13(9-25)16-14(15)5-4-8-26-16/h4-8H,10-12H2,1-3H3,(H,27,29). The van der Waals surface area contributed by atoms with E-state index in [0.717, 1.165) is 0 Å². The molecule has 0 radical (unpaired) electrons. The largest absolute Gasteiger partial charge is 0.444 e. The maximum absolute atomic E-state index is 14.1. The maximum Gasteiger partial charge on any atom is 0.408 e. The third-order valence-corrected chi connectivity index (χ3v) is 5.81. The van der Waals surface area contributed by atoms with Crippen molar-refractivity contribution in [2.24, 2.45) is 5.41 Å². The van der Waals surface area contributed by atoms with Crippen LogP contribution in [-0.2, 0) is 4.74 Å². The summed E-state index contributed by atoms with van der Waals surface area (Å²) in [5.74, 6) is 0. The molecule has 2 aliphatic rings. The highest BCUT2D eigenvalue weighted by Crippen LogP contribution is 2.69. The van der Waals surface area contributed by atoms with Gasteiger partial charge in [-0.2, -0.15) is 18.4 Å². The molecule has 1 aromatic carbocycles. The highest BCUT2D eigenvalue weighted by Gasteiger charge is 2.84. The molecular weight excluding hydrogens is 397 g/mol. The van der Waals surface area contributed by atoms with Crippen LogP contribution in [0.5, 0.6) is 0 Å². The van der Waals surface area contributed by atoms with Crippen molar-refractivity contribution in [3.8, 4) is 6.07 Å². The minimum atomic E-state index is -4.49. The Balaban J connectivity index is 1.70. The Labute approximate surface area is 171 Å². The number of amides is 1. The normalized spacial score (nSPS) is 25.6. The van der Waals surface area contributed by atoms with E-state index < -0.39 is 28.8 Å². The van der Waals surface area contributed by atoms with Crippen LogP contribution in [-0.4, -0.2) is 41.5 Å². The number of carbonyl (C=O) groups excluding carboxylic acids is 1. The first-order chi connectivity index (χ1) is 13.9. The van der Waals surface area contributed by atoms with Gasteiger partial charge in [0, 0.05) is 30.4 Å². The Hall–Kier alpha value is -3.02. The molecule has 2 heterocycles. The minimum Gasteiger partial charge on any atom is -0.444 e. The van der Waals surface area contributed by atoms with Crippen molar-refractivity contribution in [1.29, 1.82) is 5.26 Å². The quantitative estimate of drug-likeness (QED) is 0.793. The molecule has 0 spiro atoms. The van der Waals surface area contributed by atoms with E-state index in [1.807, 2.05) is 0 Å². The number of nitrogens with zero attached hydrogens (tertiary/aromatic N) is 3. The lowest BCUT2D eigenvalue weighted by Gasteiger charge is -2.26. The van der Waals surface area contributed by atoms with Gasteiger partial charge in [-0.1, -0.05) is 0 Å². The number of benzene rings is 1. The maximum atomic E-state index is 14.1. The van der Waals surface area contributed by atoms with E-state index in [0.29, 0.717) is 22.2 Å². The van der Waals surface area contributed by atoms with Crippen molar-refractivity contribution in [1.82, 2.24) is 10.3 Å². The van der Waals surface area contributed by atoms with E-state index in [1.165, 1.54) is 6.20 Å². The molecular formula is C21H21F3N4O2. The van der Waals surface area contributed by atoms with Gasteiger partial charge in [-0.15, -0.1) is 0 Å². The molecule has 6 nitrogen and oxygen atoms in total. The molecule has 1 N–H and O–H groups in total. The van der Waals surface area contributed by atoms with Gasteiger partial charge in [0.15, 0.2) is 0 Å². The first-order valence-electron chi connectivity index (χ1n) is 9.52. The number of piperidine rings is 1. The number of nitrogens with one attached hydrogen (secondary N) is 1. The van der Waals surface area contributed by atoms with Gasteiger partial charge >= 0.3 is 12.3 Å². The number of alkyl halides is 3. The Kier molecular flexibility index (Phi) is 4.21. The van der Waals surface area contributed by atoms with Crippen LogP contribution in [0, 0.1) is 16.7 Å². The van der Waals surface area contributed by atoms with Crippen LogP contribution >= 0.6 is 0 Å². The molecule has 0 bridgehead atoms. The highest BCUT2D eigenvalue weighted by molar-refractivity contribution is 5.95. The van der Waals surface area contributed by atoms with E-state index in [1.54, 1.807) is 49.9 Å². The molecule has 2 unspecified atom stereocenters. The molecule has 1 saturated carbocycles. The SMILES string of the molecule is CC(C)(C)OC(=O)NC12CN(c3ccc(C#N)c4ncccc34)CC1(C(F)(F)F)C2. The number of halogens is 3. The number of carbonyl (C=O) groups is 1. The summed E-state index contributed by atoms with van der Waals surface area (Å²) in [6.45, 7) is 4.67. The Bertz CT molecular complexity index is 1070. The number of nitriles is 1. The zero-order valence-electron chi connectivity index (χ0n) is 16.8. The number of hydrogen-bond acceptors (Lipinski definition) is 5. The van der Waals surface area contributed by atoms with E-state index in [9.17, 15) is 23.2 Å². The fourth-order valence-corrected chi connectivity index (χ4v) is 4.45. The number of pyridine rings is 1. The van der Waals surface area contributed by atoms with Gasteiger partial charge in [0.05, 0.1) is 16.6 Å². The number of aromatic nitrogens is 1. The molecule has 1 aliphatic heterocycles. The number of ether oxygens (including phenoxy) is 1. The van der Waals surface area contributed by atoms with Crippen LogP contribution in [0.2, 0.25) is 0 Å².